The van der Waals surface area contributed by atoms with Gasteiger partial charge in [0.1, 0.15) is 0 Å². The maximum atomic E-state index is 3.93. The highest BCUT2D eigenvalue weighted by molar-refractivity contribution is 7.99. The second kappa shape index (κ2) is 3.51. The molecule has 0 amide bonds. The van der Waals surface area contributed by atoms with Gasteiger partial charge in [0.2, 0.25) is 0 Å². The van der Waals surface area contributed by atoms with Gasteiger partial charge in [-0.15, -0.1) is 11.8 Å². The maximum absolute atomic E-state index is 3.93. The Kier molecular flexibility index (Phi) is 2.58. The lowest BCUT2D eigenvalue weighted by Gasteiger charge is -1.92. The van der Waals surface area contributed by atoms with Crippen LogP contribution in [-0.4, -0.2) is 10.7 Å². The van der Waals surface area contributed by atoms with Crippen molar-refractivity contribution in [3.8, 4) is 0 Å². The van der Waals surface area contributed by atoms with Crippen LogP contribution in [0.1, 0.15) is 6.92 Å². The summed E-state index contributed by atoms with van der Waals surface area (Å²) in [5.74, 6) is 1.10. The van der Waals surface area contributed by atoms with Gasteiger partial charge in [-0.3, -0.25) is 4.98 Å². The SMILES string of the molecule is CCSc1c[c]cnc1. The molecule has 1 heterocycles. The van der Waals surface area contributed by atoms with Crippen LogP contribution in [0.15, 0.2) is 23.4 Å². The van der Waals surface area contributed by atoms with Gasteiger partial charge in [0, 0.05) is 23.4 Å². The lowest BCUT2D eigenvalue weighted by Crippen LogP contribution is -1.73. The number of thioether (sulfide) groups is 1. The van der Waals surface area contributed by atoms with Crippen molar-refractivity contribution in [2.75, 3.05) is 5.75 Å². The highest BCUT2D eigenvalue weighted by atomic mass is 32.2. The second-order valence-electron chi connectivity index (χ2n) is 1.55. The van der Waals surface area contributed by atoms with Gasteiger partial charge in [0.15, 0.2) is 0 Å². The second-order valence-corrected chi connectivity index (χ2v) is 2.89. The third-order valence-corrected chi connectivity index (χ3v) is 1.73. The van der Waals surface area contributed by atoms with Gasteiger partial charge in [0.05, 0.1) is 0 Å². The van der Waals surface area contributed by atoms with Crippen molar-refractivity contribution in [1.29, 1.82) is 0 Å². The van der Waals surface area contributed by atoms with Crippen molar-refractivity contribution in [2.45, 2.75) is 11.8 Å². The Bertz CT molecular complexity index is 162. The molecule has 1 aromatic heterocycles. The molecular formula is C7H8NS. The molecule has 1 radical (unpaired) electrons. The summed E-state index contributed by atoms with van der Waals surface area (Å²) in [6, 6.07) is 4.86. The van der Waals surface area contributed by atoms with Crippen LogP contribution in [-0.2, 0) is 0 Å². The highest BCUT2D eigenvalue weighted by Crippen LogP contribution is 2.13. The molecule has 0 aliphatic heterocycles. The van der Waals surface area contributed by atoms with Crippen LogP contribution in [0.3, 0.4) is 0 Å². The number of nitrogens with zero attached hydrogens (tertiary/aromatic N) is 1. The summed E-state index contributed by atoms with van der Waals surface area (Å²) in [7, 11) is 0. The van der Waals surface area contributed by atoms with E-state index in [-0.39, 0.29) is 0 Å². The molecule has 2 heteroatoms. The number of hydrogen-bond acceptors (Lipinski definition) is 2. The molecular weight excluding hydrogens is 130 g/mol. The fourth-order valence-corrected chi connectivity index (χ4v) is 1.18. The first-order valence-electron chi connectivity index (χ1n) is 2.87. The largest absolute Gasteiger partial charge is 0.263 e. The third kappa shape index (κ3) is 2.06. The van der Waals surface area contributed by atoms with Crippen molar-refractivity contribution in [1.82, 2.24) is 4.98 Å². The van der Waals surface area contributed by atoms with Crippen molar-refractivity contribution < 1.29 is 0 Å². The van der Waals surface area contributed by atoms with E-state index in [1.807, 2.05) is 12.3 Å². The molecule has 0 atom stereocenters. The molecule has 0 N–H and O–H groups in total. The summed E-state index contributed by atoms with van der Waals surface area (Å²) in [6.45, 7) is 2.12. The van der Waals surface area contributed by atoms with E-state index in [1.54, 1.807) is 18.0 Å². The molecule has 0 bridgehead atoms. The Morgan fingerprint density at radius 3 is 3.22 bits per heavy atom. The first kappa shape index (κ1) is 6.62. The lowest BCUT2D eigenvalue weighted by molar-refractivity contribution is 1.23. The smallest absolute Gasteiger partial charge is 0.0404 e. The van der Waals surface area contributed by atoms with Gasteiger partial charge in [-0.25, -0.2) is 0 Å². The molecule has 0 spiro atoms. The zero-order chi connectivity index (χ0) is 6.53. The standard InChI is InChI=1S/C7H8NS/c1-2-9-7-4-3-5-8-6-7/h4-6H,2H2,1H3. The third-order valence-electron chi connectivity index (χ3n) is 0.887. The molecule has 0 saturated heterocycles. The van der Waals surface area contributed by atoms with Crippen LogP contribution < -0.4 is 0 Å². The number of pyridine rings is 1. The van der Waals surface area contributed by atoms with Crippen LogP contribution >= 0.6 is 11.8 Å². The van der Waals surface area contributed by atoms with Crippen molar-refractivity contribution >= 4 is 11.8 Å². The Morgan fingerprint density at radius 1 is 1.78 bits per heavy atom. The fourth-order valence-electron chi connectivity index (χ4n) is 0.556. The van der Waals surface area contributed by atoms with Gasteiger partial charge in [-0.05, 0) is 11.8 Å². The molecule has 1 nitrogen and oxygen atoms in total. The Hall–Kier alpha value is -0.500. The molecule has 9 heavy (non-hydrogen) atoms. The first-order valence-corrected chi connectivity index (χ1v) is 3.86. The monoisotopic (exact) mass is 138 g/mol. The van der Waals surface area contributed by atoms with E-state index in [4.69, 9.17) is 0 Å². The van der Waals surface area contributed by atoms with Gasteiger partial charge in [-0.2, -0.15) is 0 Å². The van der Waals surface area contributed by atoms with E-state index < -0.39 is 0 Å². The molecule has 0 aliphatic carbocycles. The average molecular weight is 138 g/mol. The van der Waals surface area contributed by atoms with E-state index in [1.165, 1.54) is 4.90 Å². The minimum Gasteiger partial charge on any atom is -0.263 e. The van der Waals surface area contributed by atoms with Crippen LogP contribution in [0.25, 0.3) is 0 Å². The van der Waals surface area contributed by atoms with Gasteiger partial charge < -0.3 is 0 Å². The van der Waals surface area contributed by atoms with Crippen LogP contribution in [0, 0.1) is 6.07 Å². The molecule has 1 rings (SSSR count). The lowest BCUT2D eigenvalue weighted by atomic mass is 10.5. The number of hydrogen-bond donors (Lipinski definition) is 0. The summed E-state index contributed by atoms with van der Waals surface area (Å²) in [6.07, 6.45) is 3.52. The minimum absolute atomic E-state index is 1.10. The Labute approximate surface area is 59.5 Å². The van der Waals surface area contributed by atoms with E-state index in [0.717, 1.165) is 5.75 Å². The molecule has 0 aliphatic rings. The molecule has 0 fully saturated rings. The summed E-state index contributed by atoms with van der Waals surface area (Å²) in [5.41, 5.74) is 0. The van der Waals surface area contributed by atoms with Crippen molar-refractivity contribution in [3.05, 3.63) is 24.5 Å². The molecule has 0 aromatic carbocycles. The van der Waals surface area contributed by atoms with Crippen LogP contribution in [0.2, 0.25) is 0 Å². The van der Waals surface area contributed by atoms with Gasteiger partial charge in [-0.1, -0.05) is 6.92 Å². The summed E-state index contributed by atoms with van der Waals surface area (Å²) >= 11 is 1.78. The number of aromatic nitrogens is 1. The topological polar surface area (TPSA) is 12.9 Å². The molecule has 0 unspecified atom stereocenters. The Morgan fingerprint density at radius 2 is 2.67 bits per heavy atom. The van der Waals surface area contributed by atoms with E-state index in [0.29, 0.717) is 0 Å². The predicted molar refractivity (Wildman–Crippen MR) is 39.5 cm³/mol. The fraction of sp³-hybridized carbons (Fsp3) is 0.286. The average Bonchev–Trinajstić information content (AvgIpc) is 1.91. The normalized spacial score (nSPS) is 9.44. The van der Waals surface area contributed by atoms with E-state index >= 15 is 0 Å². The molecule has 0 saturated carbocycles. The van der Waals surface area contributed by atoms with Crippen LogP contribution in [0.5, 0.6) is 0 Å². The quantitative estimate of drug-likeness (QED) is 0.580. The van der Waals surface area contributed by atoms with Crippen molar-refractivity contribution in [3.63, 3.8) is 0 Å². The summed E-state index contributed by atoms with van der Waals surface area (Å²) in [4.78, 5) is 5.12. The van der Waals surface area contributed by atoms with E-state index in [2.05, 4.69) is 18.0 Å². The highest BCUT2D eigenvalue weighted by Gasteiger charge is 1.86. The van der Waals surface area contributed by atoms with Crippen LogP contribution in [0.4, 0.5) is 0 Å². The van der Waals surface area contributed by atoms with Gasteiger partial charge >= 0.3 is 0 Å². The zero-order valence-electron chi connectivity index (χ0n) is 5.29. The zero-order valence-corrected chi connectivity index (χ0v) is 6.11. The minimum atomic E-state index is 1.10. The Balaban J connectivity index is 2.61. The summed E-state index contributed by atoms with van der Waals surface area (Å²) in [5, 5.41) is 0. The maximum Gasteiger partial charge on any atom is 0.0404 e. The molecule has 47 valence electrons. The van der Waals surface area contributed by atoms with E-state index in [9.17, 15) is 0 Å². The predicted octanol–water partition coefficient (Wildman–Crippen LogP) is 1.99. The summed E-state index contributed by atoms with van der Waals surface area (Å²) < 4.78 is 0. The van der Waals surface area contributed by atoms with Crippen molar-refractivity contribution in [2.24, 2.45) is 0 Å². The molecule has 1 aromatic rings. The number of rotatable bonds is 2. The van der Waals surface area contributed by atoms with Gasteiger partial charge in [0.25, 0.3) is 0 Å². The first-order chi connectivity index (χ1) is 4.43.